The van der Waals surface area contributed by atoms with Crippen molar-refractivity contribution < 1.29 is 8.42 Å². The first-order valence-electron chi connectivity index (χ1n) is 11.0. The van der Waals surface area contributed by atoms with Gasteiger partial charge in [-0.3, -0.25) is 14.7 Å². The Bertz CT molecular complexity index is 1200. The van der Waals surface area contributed by atoms with Crippen LogP contribution in [0.2, 0.25) is 5.02 Å². The van der Waals surface area contributed by atoms with E-state index in [-0.39, 0.29) is 10.3 Å². The molecule has 4 rings (SSSR count). The zero-order chi connectivity index (χ0) is 23.9. The van der Waals surface area contributed by atoms with Gasteiger partial charge in [-0.15, -0.1) is 0 Å². The molecule has 0 amide bonds. The second kappa shape index (κ2) is 8.74. The van der Waals surface area contributed by atoms with Crippen LogP contribution in [0.1, 0.15) is 38.4 Å². The highest BCUT2D eigenvalue weighted by molar-refractivity contribution is 7.92. The van der Waals surface area contributed by atoms with Crippen molar-refractivity contribution in [3.63, 3.8) is 0 Å². The maximum absolute atomic E-state index is 13.3. The van der Waals surface area contributed by atoms with Crippen molar-refractivity contribution in [1.82, 2.24) is 15.2 Å². The summed E-state index contributed by atoms with van der Waals surface area (Å²) in [4.78, 5) is 11.5. The third-order valence-electron chi connectivity index (χ3n) is 6.21. The number of anilines is 1. The second-order valence-corrected chi connectivity index (χ2v) is 11.5. The summed E-state index contributed by atoms with van der Waals surface area (Å²) < 4.78 is 29.4. The van der Waals surface area contributed by atoms with E-state index in [4.69, 9.17) is 11.6 Å². The molecule has 1 atom stereocenters. The molecule has 2 aliphatic rings. The van der Waals surface area contributed by atoms with Gasteiger partial charge in [0.05, 0.1) is 27.8 Å². The monoisotopic (exact) mass is 487 g/mol. The second-order valence-electron chi connectivity index (χ2n) is 9.43. The molecule has 1 unspecified atom stereocenters. The predicted octanol–water partition coefficient (Wildman–Crippen LogP) is 3.92. The molecule has 1 aliphatic heterocycles. The van der Waals surface area contributed by atoms with Gasteiger partial charge in [0.1, 0.15) is 11.4 Å². The number of pyridine rings is 1. The van der Waals surface area contributed by atoms with Crippen LogP contribution in [0.5, 0.6) is 0 Å². The van der Waals surface area contributed by atoms with E-state index in [9.17, 15) is 8.42 Å². The highest BCUT2D eigenvalue weighted by Crippen LogP contribution is 2.44. The van der Waals surface area contributed by atoms with Crippen LogP contribution in [0.4, 0.5) is 5.69 Å². The van der Waals surface area contributed by atoms with Crippen LogP contribution in [0.25, 0.3) is 0 Å². The first-order chi connectivity index (χ1) is 15.6. The molecule has 1 aromatic carbocycles. The zero-order valence-corrected chi connectivity index (χ0v) is 21.0. The third kappa shape index (κ3) is 4.52. The van der Waals surface area contributed by atoms with Gasteiger partial charge in [-0.2, -0.15) is 0 Å². The zero-order valence-electron chi connectivity index (χ0n) is 19.4. The topological polar surface area (TPSA) is 86.7 Å². The summed E-state index contributed by atoms with van der Waals surface area (Å²) in [5.41, 5.74) is 1.42. The number of nitrogens with zero attached hydrogens (tertiary/aromatic N) is 3. The van der Waals surface area contributed by atoms with Gasteiger partial charge in [-0.05, 0) is 35.6 Å². The summed E-state index contributed by atoms with van der Waals surface area (Å²) in [5, 5.41) is 3.70. The molecule has 0 spiro atoms. The molecule has 2 aromatic rings. The molecule has 2 heterocycles. The first-order valence-corrected chi connectivity index (χ1v) is 12.8. The molecule has 1 aliphatic carbocycles. The minimum absolute atomic E-state index is 0.0649. The van der Waals surface area contributed by atoms with E-state index in [0.717, 1.165) is 24.5 Å². The van der Waals surface area contributed by atoms with Gasteiger partial charge in [-0.1, -0.05) is 56.7 Å². The van der Waals surface area contributed by atoms with Crippen molar-refractivity contribution in [3.8, 4) is 0 Å². The van der Waals surface area contributed by atoms with Crippen LogP contribution in [0.15, 0.2) is 58.6 Å². The van der Waals surface area contributed by atoms with Crippen LogP contribution in [0.3, 0.4) is 0 Å². The van der Waals surface area contributed by atoms with E-state index >= 15 is 0 Å². The lowest BCUT2D eigenvalue weighted by molar-refractivity contribution is 0.191. The summed E-state index contributed by atoms with van der Waals surface area (Å²) >= 11 is 6.25. The minimum Gasteiger partial charge on any atom is -0.343 e. The lowest BCUT2D eigenvalue weighted by Crippen LogP contribution is -2.59. The summed E-state index contributed by atoms with van der Waals surface area (Å²) in [5.74, 6) is 0.911. The Hall–Kier alpha value is -2.42. The average Bonchev–Trinajstić information content (AvgIpc) is 2.74. The van der Waals surface area contributed by atoms with Crippen LogP contribution < -0.4 is 10.0 Å². The minimum atomic E-state index is -3.84. The molecule has 0 saturated carbocycles. The van der Waals surface area contributed by atoms with Crippen molar-refractivity contribution in [1.29, 1.82) is 0 Å². The number of aromatic nitrogens is 1. The normalized spacial score (nSPS) is 22.3. The fraction of sp³-hybridized carbons (Fsp3) is 0.417. The number of sulfonamides is 1. The summed E-state index contributed by atoms with van der Waals surface area (Å²) in [7, 11) is -2.07. The first kappa shape index (κ1) is 23.7. The molecule has 1 aromatic heterocycles. The number of halogens is 1. The number of hydrogen-bond acceptors (Lipinski definition) is 5. The standard InChI is InChI=1S/C24H30ClN5O2S/c1-23(2,3)17-6-8-19(9-7-17)33(31,32)29-20-14-18(25)15-28-22(20)24(10-5-11-24)30-13-12-27-16-21(30)26-4/h5-10,14-15,27,29H,11-13,16H2,1-4H3/b26-21-. The highest BCUT2D eigenvalue weighted by atomic mass is 35.5. The Morgan fingerprint density at radius 1 is 1.24 bits per heavy atom. The Morgan fingerprint density at radius 2 is 1.94 bits per heavy atom. The average molecular weight is 488 g/mol. The van der Waals surface area contributed by atoms with Crippen molar-refractivity contribution in [2.45, 2.75) is 43.0 Å². The highest BCUT2D eigenvalue weighted by Gasteiger charge is 2.45. The SMILES string of the molecule is C/N=C1/CNCCN1C1(c2ncc(Cl)cc2NS(=O)(=O)c2ccc(C(C)(C)C)cc2)C=CC1. The number of rotatable bonds is 5. The summed E-state index contributed by atoms with van der Waals surface area (Å²) in [6.07, 6.45) is 6.39. The van der Waals surface area contributed by atoms with Gasteiger partial charge in [0.25, 0.3) is 10.0 Å². The van der Waals surface area contributed by atoms with Crippen LogP contribution in [0, 0.1) is 0 Å². The van der Waals surface area contributed by atoms with Crippen LogP contribution >= 0.6 is 11.6 Å². The molecule has 1 saturated heterocycles. The summed E-state index contributed by atoms with van der Waals surface area (Å²) in [6, 6.07) is 8.61. The van der Waals surface area contributed by atoms with Crippen molar-refractivity contribution >= 4 is 33.1 Å². The molecule has 2 N–H and O–H groups in total. The Labute approximate surface area is 201 Å². The summed E-state index contributed by atoms with van der Waals surface area (Å²) in [6.45, 7) is 8.47. The molecular formula is C24H30ClN5O2S. The molecule has 176 valence electrons. The maximum Gasteiger partial charge on any atom is 0.261 e. The largest absolute Gasteiger partial charge is 0.343 e. The number of piperazine rings is 1. The van der Waals surface area contributed by atoms with Gasteiger partial charge in [-0.25, -0.2) is 8.42 Å². The van der Waals surface area contributed by atoms with Crippen molar-refractivity contribution in [2.24, 2.45) is 4.99 Å². The van der Waals surface area contributed by atoms with Gasteiger partial charge in [0.15, 0.2) is 0 Å². The Morgan fingerprint density at radius 3 is 2.52 bits per heavy atom. The number of nitrogens with one attached hydrogen (secondary N) is 2. The number of amidine groups is 1. The van der Waals surface area contributed by atoms with E-state index in [1.54, 1.807) is 31.4 Å². The number of hydrogen-bond donors (Lipinski definition) is 2. The van der Waals surface area contributed by atoms with Crippen molar-refractivity contribution in [3.05, 3.63) is 65.0 Å². The molecule has 1 fully saturated rings. The molecule has 9 heteroatoms. The maximum atomic E-state index is 13.3. The smallest absolute Gasteiger partial charge is 0.261 e. The fourth-order valence-corrected chi connectivity index (χ4v) is 5.50. The van der Waals surface area contributed by atoms with Crippen LogP contribution in [-0.2, 0) is 21.0 Å². The van der Waals surface area contributed by atoms with Crippen molar-refractivity contribution in [2.75, 3.05) is 31.4 Å². The van der Waals surface area contributed by atoms with E-state index < -0.39 is 15.6 Å². The van der Waals surface area contributed by atoms with E-state index in [2.05, 4.69) is 57.8 Å². The third-order valence-corrected chi connectivity index (χ3v) is 7.80. The Balaban J connectivity index is 1.73. The molecule has 0 bridgehead atoms. The lowest BCUT2D eigenvalue weighted by Gasteiger charge is -2.49. The van der Waals surface area contributed by atoms with Gasteiger partial charge < -0.3 is 10.2 Å². The number of benzene rings is 1. The quantitative estimate of drug-likeness (QED) is 0.624. The van der Waals surface area contributed by atoms with Gasteiger partial charge in [0, 0.05) is 26.3 Å². The Kier molecular flexibility index (Phi) is 6.28. The van der Waals surface area contributed by atoms with Gasteiger partial charge >= 0.3 is 0 Å². The molecule has 0 radical (unpaired) electrons. The van der Waals surface area contributed by atoms with E-state index in [1.165, 1.54) is 0 Å². The molecule has 7 nitrogen and oxygen atoms in total. The number of aliphatic imine (C=N–C) groups is 1. The van der Waals surface area contributed by atoms with Crippen LogP contribution in [-0.4, -0.2) is 50.8 Å². The molecule has 33 heavy (non-hydrogen) atoms. The van der Waals surface area contributed by atoms with E-state index in [1.807, 2.05) is 12.1 Å². The van der Waals surface area contributed by atoms with Gasteiger partial charge in [0.2, 0.25) is 0 Å². The predicted molar refractivity (Wildman–Crippen MR) is 134 cm³/mol. The van der Waals surface area contributed by atoms with E-state index in [0.29, 0.717) is 29.4 Å². The lowest BCUT2D eigenvalue weighted by atomic mass is 9.79. The fourth-order valence-electron chi connectivity index (χ4n) is 4.29. The molecular weight excluding hydrogens is 458 g/mol.